The molecule has 0 radical (unpaired) electrons. The molecule has 0 saturated carbocycles. The number of hydrogen-bond donors (Lipinski definition) is 1. The van der Waals surface area contributed by atoms with E-state index in [1.807, 2.05) is 18.2 Å². The van der Waals surface area contributed by atoms with E-state index in [4.69, 9.17) is 30.8 Å². The van der Waals surface area contributed by atoms with Gasteiger partial charge in [-0.05, 0) is 18.2 Å². The number of para-hydroxylation sites is 1. The van der Waals surface area contributed by atoms with E-state index in [2.05, 4.69) is 13.8 Å². The molecule has 0 unspecified atom stereocenters. The van der Waals surface area contributed by atoms with E-state index in [-0.39, 0.29) is 9.67 Å². The Morgan fingerprint density at radius 1 is 1.29 bits per heavy atom. The molecule has 1 N–H and O–H groups in total. The number of hydrogen-bond acceptors (Lipinski definition) is 7. The predicted octanol–water partition coefficient (Wildman–Crippen LogP) is 3.12. The van der Waals surface area contributed by atoms with Crippen LogP contribution < -0.4 is 31.0 Å². The first-order valence-corrected chi connectivity index (χ1v) is 16.6. The minimum atomic E-state index is -1.30. The van der Waals surface area contributed by atoms with E-state index in [1.54, 1.807) is 25.1 Å². The molecule has 3 aliphatic heterocycles. The van der Waals surface area contributed by atoms with Crippen LogP contribution in [0.4, 0.5) is 4.39 Å². The van der Waals surface area contributed by atoms with Crippen LogP contribution >= 0.6 is 22.9 Å². The average molecular weight is 709 g/mol. The number of thiophene rings is 1. The second-order valence-electron chi connectivity index (χ2n) is 10.2. The van der Waals surface area contributed by atoms with Gasteiger partial charge in [-0.2, -0.15) is 0 Å². The quantitative estimate of drug-likeness (QED) is 0.234. The summed E-state index contributed by atoms with van der Waals surface area (Å²) in [6.45, 7) is 4.71. The third-order valence-corrected chi connectivity index (χ3v) is 11.9. The van der Waals surface area contributed by atoms with Crippen LogP contribution in [0.5, 0.6) is 11.5 Å². The van der Waals surface area contributed by atoms with Crippen molar-refractivity contribution in [3.63, 3.8) is 0 Å². The summed E-state index contributed by atoms with van der Waals surface area (Å²) in [5, 5.41) is 9.77. The summed E-state index contributed by atoms with van der Waals surface area (Å²) in [7, 11) is 0. The van der Waals surface area contributed by atoms with E-state index >= 15 is 0 Å². The number of aromatic nitrogens is 2. The number of rotatable bonds is 7. The van der Waals surface area contributed by atoms with Crippen LogP contribution in [-0.4, -0.2) is 47.5 Å². The van der Waals surface area contributed by atoms with Gasteiger partial charge in [0.1, 0.15) is 5.82 Å². The summed E-state index contributed by atoms with van der Waals surface area (Å²) in [6.07, 6.45) is 4.03. The summed E-state index contributed by atoms with van der Waals surface area (Å²) in [4.78, 5) is 19.8. The molecule has 4 aromatic rings. The minimum absolute atomic E-state index is 0.236. The zero-order valence-corrected chi connectivity index (χ0v) is 25.6. The van der Waals surface area contributed by atoms with Gasteiger partial charge in [0.25, 0.3) is 0 Å². The third-order valence-electron chi connectivity index (χ3n) is 7.43. The summed E-state index contributed by atoms with van der Waals surface area (Å²) < 4.78 is 35.4. The van der Waals surface area contributed by atoms with Crippen LogP contribution in [0, 0.1) is 5.82 Å². The first kappa shape index (κ1) is 27.1. The number of carboxylic acid groups (broad SMARTS) is 1. The summed E-state index contributed by atoms with van der Waals surface area (Å²) in [6, 6.07) is 12.0. The number of nitrogens with zero attached hydrogens (tertiary/aromatic N) is 3. The summed E-state index contributed by atoms with van der Waals surface area (Å²) in [5.41, 5.74) is 3.27. The molecule has 7 rings (SSSR count). The maximum atomic E-state index is 14.8. The second-order valence-corrected chi connectivity index (χ2v) is 14.6. The van der Waals surface area contributed by atoms with Gasteiger partial charge in [-0.3, -0.25) is 0 Å². The first-order valence-electron chi connectivity index (χ1n) is 13.2. The van der Waals surface area contributed by atoms with Gasteiger partial charge in [0.05, 0.1) is 0 Å². The molecular weight excluding hydrogens is 684 g/mol. The van der Waals surface area contributed by atoms with Gasteiger partial charge in [-0.25, -0.2) is 4.39 Å². The van der Waals surface area contributed by atoms with Crippen LogP contribution in [0.2, 0.25) is 5.02 Å². The van der Waals surface area contributed by atoms with Crippen molar-refractivity contribution in [2.75, 3.05) is 19.7 Å². The van der Waals surface area contributed by atoms with E-state index in [9.17, 15) is 14.3 Å². The number of imidazole rings is 1. The molecule has 214 valence electrons. The Morgan fingerprint density at radius 3 is 2.85 bits per heavy atom. The Labute approximate surface area is 254 Å². The van der Waals surface area contributed by atoms with E-state index in [0.29, 0.717) is 27.9 Å². The second kappa shape index (κ2) is 10.5. The number of halogens is 3. The number of carbonyl (C=O) groups is 1. The number of alkyl halides is 1. The number of carboxylic acids is 1. The molecule has 2 aromatic heterocycles. The summed E-state index contributed by atoms with van der Waals surface area (Å²) >= 11 is 6.66. The normalized spacial score (nSPS) is 22.2. The number of fused-ring (bicyclic) bond motifs is 2. The van der Waals surface area contributed by atoms with Gasteiger partial charge < -0.3 is 0 Å². The van der Waals surface area contributed by atoms with E-state index in [0.717, 1.165) is 59.8 Å². The average Bonchev–Trinajstić information content (AvgIpc) is 3.57. The molecule has 1 fully saturated rings. The Balaban J connectivity index is 1.11. The topological polar surface area (TPSA) is 86.1 Å². The molecular formula is C29H25ClFIN3O5S-. The molecule has 2 aromatic carbocycles. The van der Waals surface area contributed by atoms with Crippen LogP contribution in [0.25, 0.3) is 15.9 Å². The van der Waals surface area contributed by atoms with Crippen molar-refractivity contribution in [1.29, 1.82) is 0 Å². The van der Waals surface area contributed by atoms with Crippen LogP contribution in [-0.2, 0) is 17.1 Å². The Bertz CT molecular complexity index is 1720. The molecule has 0 amide bonds. The van der Waals surface area contributed by atoms with Crippen molar-refractivity contribution in [1.82, 2.24) is 12.7 Å². The van der Waals surface area contributed by atoms with Crippen molar-refractivity contribution < 1.29 is 50.0 Å². The van der Waals surface area contributed by atoms with Gasteiger partial charge >= 0.3 is 211 Å². The monoisotopic (exact) mass is 708 g/mol. The zero-order valence-electron chi connectivity index (χ0n) is 21.9. The maximum absolute atomic E-state index is 14.8. The third kappa shape index (κ3) is 5.01. The summed E-state index contributed by atoms with van der Waals surface area (Å²) in [5.74, 6) is -0.557. The van der Waals surface area contributed by atoms with E-state index in [1.165, 1.54) is 17.4 Å². The van der Waals surface area contributed by atoms with Crippen molar-refractivity contribution in [2.24, 2.45) is 0 Å². The Kier molecular flexibility index (Phi) is 6.97. The number of aromatic carboxylic acids is 1. The van der Waals surface area contributed by atoms with Gasteiger partial charge in [-0.1, -0.05) is 11.6 Å². The molecule has 8 nitrogen and oxygen atoms in total. The number of benzene rings is 2. The van der Waals surface area contributed by atoms with Crippen molar-refractivity contribution in [3.8, 4) is 11.5 Å². The zero-order chi connectivity index (χ0) is 28.3. The Hall–Kier alpha value is -2.71. The van der Waals surface area contributed by atoms with Gasteiger partial charge in [0.15, 0.2) is 0 Å². The molecule has 1 saturated heterocycles. The van der Waals surface area contributed by atoms with Crippen LogP contribution in [0.1, 0.15) is 46.4 Å². The van der Waals surface area contributed by atoms with Crippen LogP contribution in [0.3, 0.4) is 0 Å². The Morgan fingerprint density at radius 2 is 2.15 bits per heavy atom. The molecule has 12 heteroatoms. The van der Waals surface area contributed by atoms with E-state index < -0.39 is 39.1 Å². The van der Waals surface area contributed by atoms with Gasteiger partial charge in [0.2, 0.25) is 0 Å². The SMILES string of the molecule is C[C@]1(c2ccc(Cl)cc2F)Oc2cccc(C3=CCN(Cc4nc5sc(C(=O)O)cc5n4[I-][C@@H]4CCO4)CC3)c2O1. The molecule has 0 spiro atoms. The fraction of sp³-hybridized carbons (Fsp3) is 0.310. The fourth-order valence-electron chi connectivity index (χ4n) is 5.24. The van der Waals surface area contributed by atoms with Gasteiger partial charge in [-0.15, -0.1) is 0 Å². The standard InChI is InChI=1S/C29H25ClFIN3O5S/c1-29(19-6-5-17(30)13-20(19)31)39-22-4-2-3-18(26(22)40-29)16-7-10-34(11-8-16)15-25-33-27-21(14-23(41-27)28(36)37)35(25)32-24-9-12-38-24/h2-7,13-14,24H,8-12,15H2,1H3,(H,36,37)/q-1/t24-,29-/m0/s1. The van der Waals surface area contributed by atoms with Crippen molar-refractivity contribution in [3.05, 3.63) is 81.2 Å². The molecule has 3 aliphatic rings. The van der Waals surface area contributed by atoms with Crippen molar-refractivity contribution in [2.45, 2.75) is 36.2 Å². The molecule has 5 heterocycles. The molecule has 2 atom stereocenters. The fourth-order valence-corrected chi connectivity index (χ4v) is 9.26. The van der Waals surface area contributed by atoms with Crippen molar-refractivity contribution >= 4 is 44.8 Å². The first-order chi connectivity index (χ1) is 19.8. The van der Waals surface area contributed by atoms with Gasteiger partial charge in [0, 0.05) is 5.02 Å². The van der Waals surface area contributed by atoms with Crippen LogP contribution in [0.15, 0.2) is 48.5 Å². The molecule has 0 bridgehead atoms. The predicted molar refractivity (Wildman–Crippen MR) is 149 cm³/mol. The molecule has 0 aliphatic carbocycles. The molecule has 41 heavy (non-hydrogen) atoms. The number of ether oxygens (including phenoxy) is 3.